The van der Waals surface area contributed by atoms with Crippen molar-refractivity contribution in [3.05, 3.63) is 36.4 Å². The molecule has 0 unspecified atom stereocenters. The van der Waals surface area contributed by atoms with Gasteiger partial charge in [0.25, 0.3) is 0 Å². The summed E-state index contributed by atoms with van der Waals surface area (Å²) in [5, 5.41) is 3.43. The molecule has 0 heterocycles. The highest BCUT2D eigenvalue weighted by Crippen LogP contribution is 2.19. The lowest BCUT2D eigenvalue weighted by molar-refractivity contribution is 0.315. The normalized spacial score (nSPS) is 14.2. The molecule has 1 aromatic carbocycles. The van der Waals surface area contributed by atoms with Crippen molar-refractivity contribution in [3.8, 4) is 11.5 Å². The molecule has 0 aromatic heterocycles. The molecule has 0 amide bonds. The van der Waals surface area contributed by atoms with Gasteiger partial charge in [-0.25, -0.2) is 0 Å². The monoisotopic (exact) mass is 261 g/mol. The topological polar surface area (TPSA) is 30.5 Å². The summed E-state index contributed by atoms with van der Waals surface area (Å²) < 4.78 is 11.2. The van der Waals surface area contributed by atoms with Gasteiger partial charge >= 0.3 is 0 Å². The molecule has 1 saturated carbocycles. The van der Waals surface area contributed by atoms with E-state index < -0.39 is 0 Å². The van der Waals surface area contributed by atoms with E-state index in [9.17, 15) is 0 Å². The fraction of sp³-hybridized carbons (Fsp3) is 0.500. The Bertz CT molecular complexity index is 396. The van der Waals surface area contributed by atoms with Gasteiger partial charge in [0.05, 0.1) is 6.61 Å². The minimum Gasteiger partial charge on any atom is -0.494 e. The van der Waals surface area contributed by atoms with Gasteiger partial charge in [-0.2, -0.15) is 0 Å². The zero-order valence-corrected chi connectivity index (χ0v) is 11.7. The first-order valence-electron chi connectivity index (χ1n) is 7.03. The van der Waals surface area contributed by atoms with Gasteiger partial charge in [0.1, 0.15) is 18.1 Å². The summed E-state index contributed by atoms with van der Waals surface area (Å²) >= 11 is 0. The van der Waals surface area contributed by atoms with E-state index in [0.717, 1.165) is 36.6 Å². The van der Waals surface area contributed by atoms with Crippen LogP contribution in [0.4, 0.5) is 0 Å². The van der Waals surface area contributed by atoms with Crippen LogP contribution in [0.25, 0.3) is 0 Å². The molecule has 0 spiro atoms. The van der Waals surface area contributed by atoms with Crippen molar-refractivity contribution in [2.24, 2.45) is 0 Å². The highest BCUT2D eigenvalue weighted by molar-refractivity contribution is 5.31. The van der Waals surface area contributed by atoms with Crippen LogP contribution in [0.5, 0.6) is 11.5 Å². The Hall–Kier alpha value is -1.48. The lowest BCUT2D eigenvalue weighted by atomic mass is 10.3. The molecule has 1 aliphatic rings. The van der Waals surface area contributed by atoms with E-state index in [-0.39, 0.29) is 0 Å². The van der Waals surface area contributed by atoms with Crippen molar-refractivity contribution in [1.29, 1.82) is 0 Å². The maximum absolute atomic E-state index is 5.68. The average Bonchev–Trinajstić information content (AvgIpc) is 3.26. The van der Waals surface area contributed by atoms with E-state index in [1.807, 2.05) is 24.3 Å². The highest BCUT2D eigenvalue weighted by Gasteiger charge is 2.19. The molecule has 0 radical (unpaired) electrons. The summed E-state index contributed by atoms with van der Waals surface area (Å²) in [7, 11) is 0. The quantitative estimate of drug-likeness (QED) is 0.693. The standard InChI is InChI=1S/C16H23NO2/c1-3-10-18-15-6-8-16(9-7-15)19-12-13(2)11-17-14-4-5-14/h6-9,14,17H,2-5,10-12H2,1H3. The number of hydrogen-bond donors (Lipinski definition) is 1. The van der Waals surface area contributed by atoms with E-state index in [4.69, 9.17) is 9.47 Å². The van der Waals surface area contributed by atoms with Crippen LogP contribution in [0.15, 0.2) is 36.4 Å². The smallest absolute Gasteiger partial charge is 0.120 e. The summed E-state index contributed by atoms with van der Waals surface area (Å²) in [6.07, 6.45) is 3.62. The van der Waals surface area contributed by atoms with Gasteiger partial charge < -0.3 is 14.8 Å². The van der Waals surface area contributed by atoms with Crippen LogP contribution >= 0.6 is 0 Å². The van der Waals surface area contributed by atoms with Crippen LogP contribution in [0.2, 0.25) is 0 Å². The van der Waals surface area contributed by atoms with Crippen LogP contribution in [-0.2, 0) is 0 Å². The van der Waals surface area contributed by atoms with Gasteiger partial charge in [0.15, 0.2) is 0 Å². The van der Waals surface area contributed by atoms with Crippen molar-refractivity contribution in [3.63, 3.8) is 0 Å². The number of hydrogen-bond acceptors (Lipinski definition) is 3. The Morgan fingerprint density at radius 1 is 1.21 bits per heavy atom. The first-order chi connectivity index (χ1) is 9.28. The fourth-order valence-corrected chi connectivity index (χ4v) is 1.66. The molecule has 104 valence electrons. The maximum Gasteiger partial charge on any atom is 0.120 e. The van der Waals surface area contributed by atoms with Gasteiger partial charge in [-0.1, -0.05) is 13.5 Å². The van der Waals surface area contributed by atoms with Crippen LogP contribution < -0.4 is 14.8 Å². The Morgan fingerprint density at radius 2 is 1.84 bits per heavy atom. The minimum absolute atomic E-state index is 0.564. The molecular formula is C16H23NO2. The molecular weight excluding hydrogens is 238 g/mol. The zero-order chi connectivity index (χ0) is 13.5. The van der Waals surface area contributed by atoms with E-state index in [1.165, 1.54) is 12.8 Å². The highest BCUT2D eigenvalue weighted by atomic mass is 16.5. The van der Waals surface area contributed by atoms with E-state index in [2.05, 4.69) is 18.8 Å². The van der Waals surface area contributed by atoms with Crippen molar-refractivity contribution >= 4 is 0 Å². The van der Waals surface area contributed by atoms with Gasteiger partial charge in [0, 0.05) is 12.6 Å². The Morgan fingerprint density at radius 3 is 2.42 bits per heavy atom. The molecule has 2 rings (SSSR count). The Kier molecular flexibility index (Phi) is 5.28. The van der Waals surface area contributed by atoms with Crippen molar-refractivity contribution in [2.75, 3.05) is 19.8 Å². The summed E-state index contributed by atoms with van der Waals surface area (Å²) in [6.45, 7) is 8.28. The average molecular weight is 261 g/mol. The molecule has 0 bridgehead atoms. The second-order valence-corrected chi connectivity index (χ2v) is 5.01. The SMILES string of the molecule is C=C(CNC1CC1)COc1ccc(OCCC)cc1. The van der Waals surface area contributed by atoms with E-state index in [0.29, 0.717) is 12.6 Å². The van der Waals surface area contributed by atoms with Gasteiger partial charge in [-0.3, -0.25) is 0 Å². The van der Waals surface area contributed by atoms with E-state index in [1.54, 1.807) is 0 Å². The third kappa shape index (κ3) is 5.35. The number of benzene rings is 1. The molecule has 1 N–H and O–H groups in total. The van der Waals surface area contributed by atoms with Crippen molar-refractivity contribution < 1.29 is 9.47 Å². The van der Waals surface area contributed by atoms with Crippen molar-refractivity contribution in [2.45, 2.75) is 32.2 Å². The molecule has 0 atom stereocenters. The Balaban J connectivity index is 1.67. The maximum atomic E-state index is 5.68. The van der Waals surface area contributed by atoms with Gasteiger partial charge in [-0.05, 0) is 49.1 Å². The van der Waals surface area contributed by atoms with Crippen molar-refractivity contribution in [1.82, 2.24) is 5.32 Å². The zero-order valence-electron chi connectivity index (χ0n) is 11.7. The van der Waals surface area contributed by atoms with Gasteiger partial charge in [-0.15, -0.1) is 0 Å². The molecule has 1 fully saturated rings. The number of nitrogens with one attached hydrogen (secondary N) is 1. The lowest BCUT2D eigenvalue weighted by Gasteiger charge is -2.10. The minimum atomic E-state index is 0.564. The third-order valence-corrected chi connectivity index (χ3v) is 2.96. The molecule has 3 nitrogen and oxygen atoms in total. The fourth-order valence-electron chi connectivity index (χ4n) is 1.66. The van der Waals surface area contributed by atoms with Gasteiger partial charge in [0.2, 0.25) is 0 Å². The van der Waals surface area contributed by atoms with E-state index >= 15 is 0 Å². The first kappa shape index (κ1) is 13.9. The number of rotatable bonds is 9. The van der Waals surface area contributed by atoms with Crippen LogP contribution in [0.1, 0.15) is 26.2 Å². The van der Waals surface area contributed by atoms with Crippen LogP contribution in [0.3, 0.4) is 0 Å². The Labute approximate surface area is 115 Å². The number of ether oxygens (including phenoxy) is 2. The molecule has 19 heavy (non-hydrogen) atoms. The molecule has 0 saturated heterocycles. The summed E-state index contributed by atoms with van der Waals surface area (Å²) in [6, 6.07) is 8.47. The third-order valence-electron chi connectivity index (χ3n) is 2.96. The predicted molar refractivity (Wildman–Crippen MR) is 77.9 cm³/mol. The summed E-state index contributed by atoms with van der Waals surface area (Å²) in [5.74, 6) is 1.75. The first-order valence-corrected chi connectivity index (χ1v) is 7.03. The second kappa shape index (κ2) is 7.19. The van der Waals surface area contributed by atoms with Crippen LogP contribution in [-0.4, -0.2) is 25.8 Å². The lowest BCUT2D eigenvalue weighted by Crippen LogP contribution is -2.21. The largest absolute Gasteiger partial charge is 0.494 e. The second-order valence-electron chi connectivity index (χ2n) is 5.01. The molecule has 0 aliphatic heterocycles. The van der Waals surface area contributed by atoms with Crippen LogP contribution in [0, 0.1) is 0 Å². The molecule has 3 heteroatoms. The molecule has 1 aromatic rings. The summed E-state index contributed by atoms with van der Waals surface area (Å²) in [5.41, 5.74) is 1.08. The molecule has 1 aliphatic carbocycles. The summed E-state index contributed by atoms with van der Waals surface area (Å²) in [4.78, 5) is 0. The predicted octanol–water partition coefficient (Wildman–Crippen LogP) is 3.16.